The molecule has 0 amide bonds. The van der Waals surface area contributed by atoms with E-state index < -0.39 is 0 Å². The van der Waals surface area contributed by atoms with Gasteiger partial charge in [0.05, 0.1) is 27.0 Å². The average Bonchev–Trinajstić information content (AvgIpc) is 2.73. The Hall–Kier alpha value is -3.19. The highest BCUT2D eigenvalue weighted by atomic mass is 35.5. The lowest BCUT2D eigenvalue weighted by atomic mass is 9.72. The summed E-state index contributed by atoms with van der Waals surface area (Å²) in [5.74, 6) is 1.87. The zero-order chi connectivity index (χ0) is 21.5. The Morgan fingerprint density at radius 2 is 1.81 bits per heavy atom. The van der Waals surface area contributed by atoms with Gasteiger partial charge in [-0.05, 0) is 35.1 Å². The van der Waals surface area contributed by atoms with Gasteiger partial charge in [0.25, 0.3) is 0 Å². The number of nitrogens with zero attached hydrogens (tertiary/aromatic N) is 2. The highest BCUT2D eigenvalue weighted by Gasteiger charge is 2.32. The van der Waals surface area contributed by atoms with Crippen LogP contribution in [0.25, 0.3) is 11.3 Å². The van der Waals surface area contributed by atoms with Crippen LogP contribution < -0.4 is 19.5 Å². The minimum absolute atomic E-state index is 0. The summed E-state index contributed by atoms with van der Waals surface area (Å²) in [6.45, 7) is 4.44. The van der Waals surface area contributed by atoms with Crippen molar-refractivity contribution in [1.82, 2.24) is 9.97 Å². The van der Waals surface area contributed by atoms with Gasteiger partial charge in [0, 0.05) is 29.6 Å². The summed E-state index contributed by atoms with van der Waals surface area (Å²) in [4.78, 5) is 9.28. The minimum Gasteiger partial charge on any atom is -0.504 e. The van der Waals surface area contributed by atoms with Crippen molar-refractivity contribution in [3.63, 3.8) is 0 Å². The number of anilines is 2. The summed E-state index contributed by atoms with van der Waals surface area (Å²) in [5.41, 5.74) is 4.80. The molecule has 0 unspecified atom stereocenters. The molecule has 0 saturated heterocycles. The monoisotopic (exact) mass is 443 g/mol. The van der Waals surface area contributed by atoms with Crippen LogP contribution in [-0.2, 0) is 11.8 Å². The molecule has 0 atom stereocenters. The number of methoxy groups -OCH3 is 3. The molecule has 0 aliphatic heterocycles. The first kappa shape index (κ1) is 22.5. The lowest BCUT2D eigenvalue weighted by molar-refractivity contribution is 0.333. The summed E-state index contributed by atoms with van der Waals surface area (Å²) in [7, 11) is 4.65. The number of fused-ring (bicyclic) bond motifs is 3. The van der Waals surface area contributed by atoms with Crippen LogP contribution in [0.3, 0.4) is 0 Å². The molecule has 1 heterocycles. The summed E-state index contributed by atoms with van der Waals surface area (Å²) in [5, 5.41) is 13.4. The predicted molar refractivity (Wildman–Crippen MR) is 122 cm³/mol. The molecule has 0 saturated carbocycles. The minimum atomic E-state index is -0.0332. The fourth-order valence-electron chi connectivity index (χ4n) is 3.98. The van der Waals surface area contributed by atoms with E-state index in [9.17, 15) is 5.11 Å². The second-order valence-corrected chi connectivity index (χ2v) is 7.90. The molecular weight excluding hydrogens is 418 g/mol. The average molecular weight is 444 g/mol. The Labute approximate surface area is 187 Å². The maximum absolute atomic E-state index is 10.2. The molecule has 0 radical (unpaired) electrons. The van der Waals surface area contributed by atoms with Gasteiger partial charge >= 0.3 is 0 Å². The van der Waals surface area contributed by atoms with E-state index in [2.05, 4.69) is 30.2 Å². The Balaban J connectivity index is 0.00000272. The van der Waals surface area contributed by atoms with Gasteiger partial charge in [-0.1, -0.05) is 19.9 Å². The van der Waals surface area contributed by atoms with Crippen molar-refractivity contribution in [2.24, 2.45) is 0 Å². The molecule has 4 rings (SSSR count). The molecule has 3 aromatic rings. The Kier molecular flexibility index (Phi) is 6.18. The van der Waals surface area contributed by atoms with Crippen LogP contribution in [0.1, 0.15) is 25.0 Å². The summed E-state index contributed by atoms with van der Waals surface area (Å²) >= 11 is 0. The molecule has 31 heavy (non-hydrogen) atoms. The summed E-state index contributed by atoms with van der Waals surface area (Å²) < 4.78 is 15.9. The van der Waals surface area contributed by atoms with E-state index in [1.807, 2.05) is 18.3 Å². The van der Waals surface area contributed by atoms with Crippen LogP contribution in [0.15, 0.2) is 36.5 Å². The van der Waals surface area contributed by atoms with Gasteiger partial charge in [0.1, 0.15) is 5.75 Å². The number of aromatic nitrogens is 2. The van der Waals surface area contributed by atoms with Crippen molar-refractivity contribution in [3.05, 3.63) is 47.7 Å². The predicted octanol–water partition coefficient (Wildman–Crippen LogP) is 4.87. The van der Waals surface area contributed by atoms with Crippen molar-refractivity contribution < 1.29 is 19.3 Å². The van der Waals surface area contributed by atoms with Gasteiger partial charge in [-0.3, -0.25) is 0 Å². The largest absolute Gasteiger partial charge is 0.504 e. The second kappa shape index (κ2) is 8.51. The van der Waals surface area contributed by atoms with E-state index in [1.54, 1.807) is 19.2 Å². The normalized spacial score (nSPS) is 13.3. The first-order valence-electron chi connectivity index (χ1n) is 9.63. The SMILES string of the molecule is COc1ccc2c(c1)-c1nc(Nc3cc(O)c(OC)c(OC)c3)ncc1CC2(C)C.Cl. The van der Waals surface area contributed by atoms with Gasteiger partial charge in [-0.15, -0.1) is 12.4 Å². The molecule has 2 aromatic carbocycles. The molecule has 0 spiro atoms. The van der Waals surface area contributed by atoms with E-state index in [4.69, 9.17) is 19.2 Å². The number of phenolic OH excluding ortho intramolecular Hbond substituents is 1. The number of nitrogens with one attached hydrogen (secondary N) is 1. The fraction of sp³-hybridized carbons (Fsp3) is 0.304. The lowest BCUT2D eigenvalue weighted by Crippen LogP contribution is -2.26. The number of halogens is 1. The molecule has 1 aliphatic rings. The van der Waals surface area contributed by atoms with E-state index >= 15 is 0 Å². The highest BCUT2D eigenvalue weighted by molar-refractivity contribution is 5.85. The van der Waals surface area contributed by atoms with Crippen LogP contribution in [-0.4, -0.2) is 36.4 Å². The van der Waals surface area contributed by atoms with Crippen LogP contribution in [0.4, 0.5) is 11.6 Å². The highest BCUT2D eigenvalue weighted by Crippen LogP contribution is 2.44. The Bertz CT molecular complexity index is 1120. The third-order valence-electron chi connectivity index (χ3n) is 5.42. The fourth-order valence-corrected chi connectivity index (χ4v) is 3.98. The zero-order valence-corrected chi connectivity index (χ0v) is 19.0. The maximum atomic E-state index is 10.2. The molecule has 2 N–H and O–H groups in total. The zero-order valence-electron chi connectivity index (χ0n) is 18.1. The van der Waals surface area contributed by atoms with Crippen molar-refractivity contribution in [2.75, 3.05) is 26.6 Å². The third-order valence-corrected chi connectivity index (χ3v) is 5.42. The summed E-state index contributed by atoms with van der Waals surface area (Å²) in [6.07, 6.45) is 2.70. The van der Waals surface area contributed by atoms with E-state index in [1.165, 1.54) is 19.8 Å². The van der Waals surface area contributed by atoms with Crippen molar-refractivity contribution in [1.29, 1.82) is 0 Å². The van der Waals surface area contributed by atoms with Gasteiger partial charge in [-0.25, -0.2) is 9.97 Å². The molecule has 1 aliphatic carbocycles. The van der Waals surface area contributed by atoms with Crippen molar-refractivity contribution in [3.8, 4) is 34.3 Å². The smallest absolute Gasteiger partial charge is 0.227 e. The van der Waals surface area contributed by atoms with Crippen LogP contribution in [0.5, 0.6) is 23.0 Å². The quantitative estimate of drug-likeness (QED) is 0.581. The van der Waals surface area contributed by atoms with Gasteiger partial charge in [0.2, 0.25) is 11.7 Å². The number of ether oxygens (including phenoxy) is 3. The van der Waals surface area contributed by atoms with E-state index in [-0.39, 0.29) is 29.3 Å². The van der Waals surface area contributed by atoms with Crippen LogP contribution >= 0.6 is 12.4 Å². The van der Waals surface area contributed by atoms with Crippen LogP contribution in [0.2, 0.25) is 0 Å². The molecule has 8 heteroatoms. The molecular formula is C23H26ClN3O4. The topological polar surface area (TPSA) is 85.7 Å². The number of rotatable bonds is 5. The van der Waals surface area contributed by atoms with E-state index in [0.29, 0.717) is 17.4 Å². The number of hydrogen-bond donors (Lipinski definition) is 2. The van der Waals surface area contributed by atoms with Gasteiger partial charge in [-0.2, -0.15) is 0 Å². The molecule has 0 bridgehead atoms. The second-order valence-electron chi connectivity index (χ2n) is 7.90. The summed E-state index contributed by atoms with van der Waals surface area (Å²) in [6, 6.07) is 9.39. The van der Waals surface area contributed by atoms with Crippen LogP contribution in [0, 0.1) is 0 Å². The van der Waals surface area contributed by atoms with Crippen molar-refractivity contribution >= 4 is 24.0 Å². The molecule has 7 nitrogen and oxygen atoms in total. The Morgan fingerprint density at radius 3 is 2.48 bits per heavy atom. The molecule has 0 fully saturated rings. The third kappa shape index (κ3) is 4.05. The number of aromatic hydroxyl groups is 1. The maximum Gasteiger partial charge on any atom is 0.227 e. The molecule has 1 aromatic heterocycles. The number of hydrogen-bond acceptors (Lipinski definition) is 7. The number of benzene rings is 2. The lowest BCUT2D eigenvalue weighted by Gasteiger charge is -2.33. The number of phenols is 1. The van der Waals surface area contributed by atoms with Crippen molar-refractivity contribution in [2.45, 2.75) is 25.7 Å². The van der Waals surface area contributed by atoms with E-state index in [0.717, 1.165) is 29.0 Å². The standard InChI is InChI=1S/C23H25N3O4.ClH/c1-23(2)11-13-12-24-22(25-14-8-18(27)21(30-5)19(9-14)29-4)26-20(13)16-10-15(28-3)6-7-17(16)23;/h6-10,12,27H,11H2,1-5H3,(H,24,25,26);1H. The molecule has 164 valence electrons. The van der Waals surface area contributed by atoms with Gasteiger partial charge < -0.3 is 24.6 Å². The Morgan fingerprint density at radius 1 is 1.03 bits per heavy atom. The first-order chi connectivity index (χ1) is 14.4. The van der Waals surface area contributed by atoms with Gasteiger partial charge in [0.15, 0.2) is 11.5 Å². The first-order valence-corrected chi connectivity index (χ1v) is 9.63.